The lowest BCUT2D eigenvalue weighted by Gasteiger charge is -2.18. The average Bonchev–Trinajstić information content (AvgIpc) is 2.73. The van der Waals surface area contributed by atoms with Crippen molar-refractivity contribution in [1.29, 1.82) is 0 Å². The summed E-state index contributed by atoms with van der Waals surface area (Å²) in [5, 5.41) is 6.25. The van der Waals surface area contributed by atoms with Gasteiger partial charge in [-0.2, -0.15) is 0 Å². The lowest BCUT2D eigenvalue weighted by molar-refractivity contribution is -0.116. The molecule has 0 unspecified atom stereocenters. The first-order valence-corrected chi connectivity index (χ1v) is 9.71. The Morgan fingerprint density at radius 1 is 0.893 bits per heavy atom. The van der Waals surface area contributed by atoms with E-state index in [0.717, 1.165) is 23.4 Å². The van der Waals surface area contributed by atoms with E-state index in [0.29, 0.717) is 18.2 Å². The quantitative estimate of drug-likeness (QED) is 0.562. The molecular weight excluding hydrogens is 346 g/mol. The second-order valence-corrected chi connectivity index (χ2v) is 7.33. The third-order valence-electron chi connectivity index (χ3n) is 4.54. The molecule has 1 aromatic heterocycles. The van der Waals surface area contributed by atoms with Gasteiger partial charge in [0.05, 0.1) is 11.9 Å². The molecule has 2 aromatic carbocycles. The third kappa shape index (κ3) is 5.68. The molecule has 0 aliphatic rings. The summed E-state index contributed by atoms with van der Waals surface area (Å²) in [5.74, 6) is 1.09. The van der Waals surface area contributed by atoms with E-state index in [9.17, 15) is 4.79 Å². The van der Waals surface area contributed by atoms with Gasteiger partial charge in [-0.15, -0.1) is 0 Å². The lowest BCUT2D eigenvalue weighted by atomic mass is 9.88. The minimum atomic E-state index is -0.0481. The number of pyridine rings is 1. The summed E-state index contributed by atoms with van der Waals surface area (Å²) in [6, 6.07) is 24.1. The van der Waals surface area contributed by atoms with Crippen molar-refractivity contribution < 1.29 is 4.79 Å². The van der Waals surface area contributed by atoms with Crippen molar-refractivity contribution >= 4 is 17.4 Å². The molecule has 0 bridgehead atoms. The average molecular weight is 374 g/mol. The van der Waals surface area contributed by atoms with Gasteiger partial charge in [0.25, 0.3) is 0 Å². The number of rotatable bonds is 8. The fourth-order valence-electron chi connectivity index (χ4n) is 3.07. The maximum atomic E-state index is 12.7. The van der Waals surface area contributed by atoms with Crippen LogP contribution in [0, 0.1) is 5.92 Å². The van der Waals surface area contributed by atoms with Crippen LogP contribution in [0.3, 0.4) is 0 Å². The van der Waals surface area contributed by atoms with E-state index < -0.39 is 0 Å². The Kier molecular flexibility index (Phi) is 6.79. The molecule has 4 heteroatoms. The zero-order valence-electron chi connectivity index (χ0n) is 16.4. The summed E-state index contributed by atoms with van der Waals surface area (Å²) in [4.78, 5) is 17.1. The smallest absolute Gasteiger partial charge is 0.226 e. The number of anilines is 2. The topological polar surface area (TPSA) is 54.0 Å². The molecule has 0 atom stereocenters. The molecule has 3 rings (SSSR count). The number of nitrogens with zero attached hydrogens (tertiary/aromatic N) is 1. The second-order valence-electron chi connectivity index (χ2n) is 7.33. The number of aromatic nitrogens is 1. The Balaban J connectivity index is 1.67. The summed E-state index contributed by atoms with van der Waals surface area (Å²) in [5.41, 5.74) is 3.22. The van der Waals surface area contributed by atoms with E-state index in [1.165, 1.54) is 0 Å². The van der Waals surface area contributed by atoms with Crippen LogP contribution in [0.1, 0.15) is 37.3 Å². The van der Waals surface area contributed by atoms with Gasteiger partial charge in [0, 0.05) is 18.9 Å². The number of hydrogen-bond donors (Lipinski definition) is 2. The highest BCUT2D eigenvalue weighted by atomic mass is 16.1. The fraction of sp³-hybridized carbons (Fsp3) is 0.250. The molecule has 28 heavy (non-hydrogen) atoms. The van der Waals surface area contributed by atoms with Crippen LogP contribution in [0.15, 0.2) is 79.0 Å². The van der Waals surface area contributed by atoms with Crippen molar-refractivity contribution in [3.63, 3.8) is 0 Å². The molecular formula is C24H27N3O. The summed E-state index contributed by atoms with van der Waals surface area (Å²) in [6.45, 7) is 5.21. The van der Waals surface area contributed by atoms with Crippen molar-refractivity contribution in [2.75, 3.05) is 17.2 Å². The molecule has 0 aliphatic heterocycles. The van der Waals surface area contributed by atoms with Crippen LogP contribution in [0.2, 0.25) is 0 Å². The minimum Gasteiger partial charge on any atom is -0.384 e. The van der Waals surface area contributed by atoms with Crippen LogP contribution in [0.25, 0.3) is 0 Å². The first kappa shape index (κ1) is 19.6. The Hall–Kier alpha value is -3.14. The SMILES string of the molecule is CC(C)CNc1ccc(NC(=O)CC(c2ccccc2)c2ccccc2)nc1. The predicted octanol–water partition coefficient (Wildman–Crippen LogP) is 5.31. The van der Waals surface area contributed by atoms with Crippen molar-refractivity contribution in [2.24, 2.45) is 5.92 Å². The van der Waals surface area contributed by atoms with E-state index in [1.807, 2.05) is 48.5 Å². The molecule has 0 radical (unpaired) electrons. The Bertz CT molecular complexity index is 822. The van der Waals surface area contributed by atoms with Crippen LogP contribution >= 0.6 is 0 Å². The summed E-state index contributed by atoms with van der Waals surface area (Å²) >= 11 is 0. The molecule has 2 N–H and O–H groups in total. The molecule has 0 aliphatic carbocycles. The number of nitrogens with one attached hydrogen (secondary N) is 2. The maximum Gasteiger partial charge on any atom is 0.226 e. The predicted molar refractivity (Wildman–Crippen MR) is 116 cm³/mol. The minimum absolute atomic E-state index is 0.00869. The van der Waals surface area contributed by atoms with Gasteiger partial charge in [0.2, 0.25) is 5.91 Å². The number of carbonyl (C=O) groups is 1. The van der Waals surface area contributed by atoms with Crippen LogP contribution < -0.4 is 10.6 Å². The van der Waals surface area contributed by atoms with Crippen molar-refractivity contribution in [2.45, 2.75) is 26.2 Å². The third-order valence-corrected chi connectivity index (χ3v) is 4.54. The fourth-order valence-corrected chi connectivity index (χ4v) is 3.07. The van der Waals surface area contributed by atoms with Crippen LogP contribution in [0.4, 0.5) is 11.5 Å². The van der Waals surface area contributed by atoms with Crippen LogP contribution in [-0.2, 0) is 4.79 Å². The number of hydrogen-bond acceptors (Lipinski definition) is 3. The van der Waals surface area contributed by atoms with Gasteiger partial charge in [0.15, 0.2) is 0 Å². The van der Waals surface area contributed by atoms with Crippen molar-refractivity contribution in [3.05, 3.63) is 90.1 Å². The van der Waals surface area contributed by atoms with Gasteiger partial charge in [-0.05, 0) is 29.2 Å². The Morgan fingerprint density at radius 2 is 1.50 bits per heavy atom. The monoisotopic (exact) mass is 373 g/mol. The molecule has 0 saturated carbocycles. The van der Waals surface area contributed by atoms with Crippen LogP contribution in [0.5, 0.6) is 0 Å². The van der Waals surface area contributed by atoms with Gasteiger partial charge in [-0.25, -0.2) is 4.98 Å². The first-order chi connectivity index (χ1) is 13.6. The Labute approximate surface area is 167 Å². The highest BCUT2D eigenvalue weighted by Crippen LogP contribution is 2.28. The van der Waals surface area contributed by atoms with E-state index in [4.69, 9.17) is 0 Å². The Morgan fingerprint density at radius 3 is 2.00 bits per heavy atom. The summed E-state index contributed by atoms with van der Waals surface area (Å²) in [6.07, 6.45) is 2.12. The van der Waals surface area contributed by atoms with Gasteiger partial charge >= 0.3 is 0 Å². The number of carbonyl (C=O) groups excluding carboxylic acids is 1. The van der Waals surface area contributed by atoms with Gasteiger partial charge in [0.1, 0.15) is 5.82 Å². The summed E-state index contributed by atoms with van der Waals surface area (Å²) < 4.78 is 0. The number of benzene rings is 2. The van der Waals surface area contributed by atoms with E-state index in [1.54, 1.807) is 6.20 Å². The van der Waals surface area contributed by atoms with Gasteiger partial charge < -0.3 is 10.6 Å². The van der Waals surface area contributed by atoms with Crippen molar-refractivity contribution in [1.82, 2.24) is 4.98 Å². The molecule has 3 aromatic rings. The highest BCUT2D eigenvalue weighted by Gasteiger charge is 2.18. The van der Waals surface area contributed by atoms with E-state index >= 15 is 0 Å². The molecule has 4 nitrogen and oxygen atoms in total. The normalized spacial score (nSPS) is 10.9. The zero-order valence-corrected chi connectivity index (χ0v) is 16.4. The highest BCUT2D eigenvalue weighted by molar-refractivity contribution is 5.90. The van der Waals surface area contributed by atoms with Gasteiger partial charge in [-0.1, -0.05) is 74.5 Å². The molecule has 1 amide bonds. The standard InChI is InChI=1S/C24H27N3O/c1-18(2)16-25-21-13-14-23(26-17-21)27-24(28)15-22(19-9-5-3-6-10-19)20-11-7-4-8-12-20/h3-14,17-18,22,25H,15-16H2,1-2H3,(H,26,27,28). The molecule has 0 spiro atoms. The van der Waals surface area contributed by atoms with Crippen molar-refractivity contribution in [3.8, 4) is 0 Å². The van der Waals surface area contributed by atoms with Crippen LogP contribution in [-0.4, -0.2) is 17.4 Å². The van der Waals surface area contributed by atoms with E-state index in [-0.39, 0.29) is 11.8 Å². The maximum absolute atomic E-state index is 12.7. The first-order valence-electron chi connectivity index (χ1n) is 9.71. The van der Waals surface area contributed by atoms with E-state index in [2.05, 4.69) is 53.7 Å². The molecule has 144 valence electrons. The summed E-state index contributed by atoms with van der Waals surface area (Å²) in [7, 11) is 0. The lowest BCUT2D eigenvalue weighted by Crippen LogP contribution is -2.17. The largest absolute Gasteiger partial charge is 0.384 e. The molecule has 0 saturated heterocycles. The number of amides is 1. The molecule has 1 heterocycles. The second kappa shape index (κ2) is 9.70. The zero-order chi connectivity index (χ0) is 19.8. The molecule has 0 fully saturated rings. The van der Waals surface area contributed by atoms with Gasteiger partial charge in [-0.3, -0.25) is 4.79 Å².